The van der Waals surface area contributed by atoms with Crippen molar-refractivity contribution in [2.45, 2.75) is 13.5 Å². The maximum absolute atomic E-state index is 10.6. The Balaban J connectivity index is 0.000000136. The average Bonchev–Trinajstić information content (AvgIpc) is 3.68. The third kappa shape index (κ3) is 6.46. The first-order valence-corrected chi connectivity index (χ1v) is 11.8. The van der Waals surface area contributed by atoms with E-state index in [9.17, 15) is 9.59 Å². The van der Waals surface area contributed by atoms with E-state index in [0.29, 0.717) is 29.0 Å². The molecule has 3 aromatic carbocycles. The molecule has 0 radical (unpaired) electrons. The molecular formula is C30H26O9. The lowest BCUT2D eigenvalue weighted by atomic mass is 10.2. The second kappa shape index (κ2) is 12.0. The third-order valence-corrected chi connectivity index (χ3v) is 5.67. The molecular weight excluding hydrogens is 504 g/mol. The zero-order valence-electron chi connectivity index (χ0n) is 21.5. The molecule has 3 aromatic heterocycles. The number of ether oxygens (including phenoxy) is 2. The van der Waals surface area contributed by atoms with Crippen molar-refractivity contribution in [2.24, 2.45) is 0 Å². The SMILES string of the molecule is COc1ccc2oc(C=O)cc2c1.COc1ccc2oc(CO)cc2c1.Cc1ccc2oc(C(=O)O)cc2c1. The number of aromatic carboxylic acids is 1. The van der Waals surface area contributed by atoms with Gasteiger partial charge in [0.25, 0.3) is 0 Å². The van der Waals surface area contributed by atoms with Crippen LogP contribution in [0.1, 0.15) is 32.4 Å². The molecule has 39 heavy (non-hydrogen) atoms. The van der Waals surface area contributed by atoms with E-state index < -0.39 is 5.97 Å². The Morgan fingerprint density at radius 2 is 1.33 bits per heavy atom. The fraction of sp³-hybridized carbons (Fsp3) is 0.133. The Kier molecular flexibility index (Phi) is 8.33. The topological polar surface area (TPSA) is 132 Å². The van der Waals surface area contributed by atoms with E-state index in [0.717, 1.165) is 38.8 Å². The van der Waals surface area contributed by atoms with E-state index in [1.807, 2.05) is 43.3 Å². The normalized spacial score (nSPS) is 10.5. The van der Waals surface area contributed by atoms with E-state index in [-0.39, 0.29) is 12.4 Å². The van der Waals surface area contributed by atoms with Crippen LogP contribution < -0.4 is 9.47 Å². The Hall–Kier alpha value is -5.02. The predicted octanol–water partition coefficient (Wildman–Crippen LogP) is 6.63. The molecule has 3 heterocycles. The summed E-state index contributed by atoms with van der Waals surface area (Å²) in [6.45, 7) is 1.88. The molecule has 0 aliphatic carbocycles. The second-order valence-corrected chi connectivity index (χ2v) is 8.40. The fourth-order valence-corrected chi connectivity index (χ4v) is 3.78. The van der Waals surface area contributed by atoms with Crippen molar-refractivity contribution in [2.75, 3.05) is 14.2 Å². The molecule has 0 bridgehead atoms. The molecule has 2 N–H and O–H groups in total. The molecule has 0 spiro atoms. The highest BCUT2D eigenvalue weighted by Crippen LogP contribution is 2.25. The van der Waals surface area contributed by atoms with Crippen LogP contribution in [0.3, 0.4) is 0 Å². The van der Waals surface area contributed by atoms with Crippen LogP contribution in [0.4, 0.5) is 0 Å². The monoisotopic (exact) mass is 530 g/mol. The Morgan fingerprint density at radius 1 is 0.769 bits per heavy atom. The summed E-state index contributed by atoms with van der Waals surface area (Å²) in [6.07, 6.45) is 0.687. The van der Waals surface area contributed by atoms with E-state index in [1.54, 1.807) is 44.6 Å². The van der Waals surface area contributed by atoms with Gasteiger partial charge in [-0.1, -0.05) is 11.6 Å². The highest BCUT2D eigenvalue weighted by molar-refractivity contribution is 5.91. The lowest BCUT2D eigenvalue weighted by molar-refractivity contribution is 0.0665. The Labute approximate surface area is 222 Å². The van der Waals surface area contributed by atoms with Crippen molar-refractivity contribution in [3.8, 4) is 11.5 Å². The maximum atomic E-state index is 10.6. The molecule has 0 saturated heterocycles. The first-order valence-electron chi connectivity index (χ1n) is 11.8. The predicted molar refractivity (Wildman–Crippen MR) is 145 cm³/mol. The molecule has 0 amide bonds. The molecule has 0 aliphatic rings. The van der Waals surface area contributed by atoms with Crippen LogP contribution in [0.15, 0.2) is 86.0 Å². The van der Waals surface area contributed by atoms with Crippen molar-refractivity contribution in [1.82, 2.24) is 0 Å². The van der Waals surface area contributed by atoms with E-state index in [4.69, 9.17) is 32.9 Å². The van der Waals surface area contributed by atoms with Crippen molar-refractivity contribution in [1.29, 1.82) is 0 Å². The number of furan rings is 3. The number of hydrogen-bond acceptors (Lipinski definition) is 8. The van der Waals surface area contributed by atoms with E-state index in [1.165, 1.54) is 6.07 Å². The molecule has 0 aliphatic heterocycles. The summed E-state index contributed by atoms with van der Waals surface area (Å²) in [7, 11) is 3.22. The van der Waals surface area contributed by atoms with Gasteiger partial charge in [-0.2, -0.15) is 0 Å². The number of benzene rings is 3. The summed E-state index contributed by atoms with van der Waals surface area (Å²) in [4.78, 5) is 21.0. The summed E-state index contributed by atoms with van der Waals surface area (Å²) in [6, 6.07) is 21.5. The first kappa shape index (κ1) is 27.0. The smallest absolute Gasteiger partial charge is 0.371 e. The van der Waals surface area contributed by atoms with Crippen molar-refractivity contribution in [3.05, 3.63) is 95.6 Å². The van der Waals surface area contributed by atoms with Crippen LogP contribution in [0, 0.1) is 6.92 Å². The summed E-state index contributed by atoms with van der Waals surface area (Å²) in [5.41, 5.74) is 3.17. The highest BCUT2D eigenvalue weighted by atomic mass is 16.5. The highest BCUT2D eigenvalue weighted by Gasteiger charge is 2.09. The standard InChI is InChI=1S/C10H10O3.2C10H8O3/c2*1-12-8-2-3-10-7(4-8)5-9(6-11)13-10;1-6-2-3-8-7(4-6)5-9(13-8)10(11)12/h2-5,11H,6H2,1H3;2-6H,1H3;2-5H,1H3,(H,11,12). The largest absolute Gasteiger partial charge is 0.497 e. The second-order valence-electron chi connectivity index (χ2n) is 8.40. The molecule has 9 nitrogen and oxygen atoms in total. The number of carboxylic acids is 1. The number of rotatable bonds is 5. The number of carboxylic acid groups (broad SMARTS) is 1. The lowest BCUT2D eigenvalue weighted by Crippen LogP contribution is -1.91. The van der Waals surface area contributed by atoms with Gasteiger partial charge in [0.15, 0.2) is 12.0 Å². The van der Waals surface area contributed by atoms with Gasteiger partial charge in [0.2, 0.25) is 5.76 Å². The van der Waals surface area contributed by atoms with Crippen LogP contribution in [-0.4, -0.2) is 36.7 Å². The van der Waals surface area contributed by atoms with E-state index in [2.05, 4.69) is 0 Å². The minimum absolute atomic E-state index is 0.0133. The number of carbonyl (C=O) groups is 2. The number of fused-ring (bicyclic) bond motifs is 3. The van der Waals surface area contributed by atoms with Gasteiger partial charge in [-0.25, -0.2) is 4.79 Å². The minimum Gasteiger partial charge on any atom is -0.497 e. The molecule has 0 atom stereocenters. The zero-order chi connectivity index (χ0) is 27.9. The number of aliphatic hydroxyl groups is 1. The summed E-state index contributed by atoms with van der Waals surface area (Å²) >= 11 is 0. The van der Waals surface area contributed by atoms with Crippen molar-refractivity contribution >= 4 is 45.2 Å². The number of carbonyl (C=O) groups excluding carboxylic acids is 1. The van der Waals surface area contributed by atoms with Crippen LogP contribution >= 0.6 is 0 Å². The number of aliphatic hydroxyl groups excluding tert-OH is 1. The molecule has 6 aromatic rings. The molecule has 0 unspecified atom stereocenters. The summed E-state index contributed by atoms with van der Waals surface area (Å²) in [5.74, 6) is 1.41. The van der Waals surface area contributed by atoms with Crippen LogP contribution in [0.25, 0.3) is 32.9 Å². The number of hydrogen-bond donors (Lipinski definition) is 2. The third-order valence-electron chi connectivity index (χ3n) is 5.67. The van der Waals surface area contributed by atoms with E-state index >= 15 is 0 Å². The van der Waals surface area contributed by atoms with Gasteiger partial charge in [-0.15, -0.1) is 0 Å². The van der Waals surface area contributed by atoms with Gasteiger partial charge >= 0.3 is 5.97 Å². The quantitative estimate of drug-likeness (QED) is 0.236. The lowest BCUT2D eigenvalue weighted by Gasteiger charge is -1.96. The molecule has 6 rings (SSSR count). The van der Waals surface area contributed by atoms with Crippen LogP contribution in [0.5, 0.6) is 11.5 Å². The van der Waals surface area contributed by atoms with Crippen molar-refractivity contribution < 1.29 is 42.5 Å². The van der Waals surface area contributed by atoms with Crippen molar-refractivity contribution in [3.63, 3.8) is 0 Å². The van der Waals surface area contributed by atoms with Crippen LogP contribution in [-0.2, 0) is 6.61 Å². The maximum Gasteiger partial charge on any atom is 0.371 e. The molecule has 200 valence electrons. The van der Waals surface area contributed by atoms with Gasteiger partial charge in [0, 0.05) is 16.2 Å². The average molecular weight is 531 g/mol. The molecule has 0 saturated carbocycles. The minimum atomic E-state index is -1.03. The van der Waals surface area contributed by atoms with Gasteiger partial charge in [0.05, 0.1) is 14.2 Å². The number of aryl methyl sites for hydroxylation is 1. The van der Waals surface area contributed by atoms with Gasteiger partial charge in [0.1, 0.15) is 40.6 Å². The molecule has 9 heteroatoms. The Morgan fingerprint density at radius 3 is 1.92 bits per heavy atom. The molecule has 0 fully saturated rings. The fourth-order valence-electron chi connectivity index (χ4n) is 3.78. The first-order chi connectivity index (χ1) is 18.8. The Bertz CT molecular complexity index is 1730. The summed E-state index contributed by atoms with van der Waals surface area (Å²) < 4.78 is 25.7. The summed E-state index contributed by atoms with van der Waals surface area (Å²) in [5, 5.41) is 20.2. The van der Waals surface area contributed by atoms with Crippen LogP contribution in [0.2, 0.25) is 0 Å². The van der Waals surface area contributed by atoms with Gasteiger partial charge < -0.3 is 32.9 Å². The zero-order valence-corrected chi connectivity index (χ0v) is 21.5. The number of aldehydes is 1. The van der Waals surface area contributed by atoms with Gasteiger partial charge in [-0.3, -0.25) is 4.79 Å². The van der Waals surface area contributed by atoms with Gasteiger partial charge in [-0.05, 0) is 73.7 Å². The number of methoxy groups -OCH3 is 2.